The van der Waals surface area contributed by atoms with Gasteiger partial charge >= 0.3 is 12.1 Å². The molecule has 0 saturated carbocycles. The van der Waals surface area contributed by atoms with E-state index in [1.54, 1.807) is 50.2 Å². The maximum atomic E-state index is 12.5. The number of hydrogen-bond donors (Lipinski definition) is 3. The van der Waals surface area contributed by atoms with Gasteiger partial charge in [-0.15, -0.1) is 0 Å². The van der Waals surface area contributed by atoms with Crippen molar-refractivity contribution >= 4 is 23.7 Å². The van der Waals surface area contributed by atoms with Gasteiger partial charge in [-0.2, -0.15) is 0 Å². The summed E-state index contributed by atoms with van der Waals surface area (Å²) < 4.78 is 17.0. The number of nitrogens with one attached hydrogen (secondary N) is 2. The second kappa shape index (κ2) is 14.7. The van der Waals surface area contributed by atoms with Crippen molar-refractivity contribution in [2.45, 2.75) is 52.7 Å². The number of rotatable bonds is 13. The number of benzene rings is 3. The SMILES string of the molecule is Cc1oc(-c2ccc(C(=O)Nc3ccccc3)cc2)nc1CCOc1ccc(CCC(=O)O)c(CNC(=O)OC(C)C)c1. The van der Waals surface area contributed by atoms with Gasteiger partial charge in [0.1, 0.15) is 11.5 Å². The molecule has 4 rings (SSSR count). The number of aliphatic carboxylic acids is 1. The lowest BCUT2D eigenvalue weighted by atomic mass is 10.0. The Hall–Kier alpha value is -5.12. The lowest BCUT2D eigenvalue weighted by Crippen LogP contribution is -2.26. The van der Waals surface area contributed by atoms with E-state index in [0.29, 0.717) is 42.4 Å². The highest BCUT2D eigenvalue weighted by atomic mass is 16.6. The number of carbonyl (C=O) groups excluding carboxylic acids is 2. The molecule has 2 amide bonds. The fourth-order valence-corrected chi connectivity index (χ4v) is 4.30. The zero-order chi connectivity index (χ0) is 30.8. The summed E-state index contributed by atoms with van der Waals surface area (Å²) >= 11 is 0. The zero-order valence-corrected chi connectivity index (χ0v) is 24.4. The summed E-state index contributed by atoms with van der Waals surface area (Å²) in [5, 5.41) is 14.7. The lowest BCUT2D eigenvalue weighted by molar-refractivity contribution is -0.136. The van der Waals surface area contributed by atoms with Crippen LogP contribution in [0.4, 0.5) is 10.5 Å². The first kappa shape index (κ1) is 30.8. The zero-order valence-electron chi connectivity index (χ0n) is 24.4. The molecule has 1 aromatic heterocycles. The van der Waals surface area contributed by atoms with Gasteiger partial charge in [0.05, 0.1) is 18.4 Å². The van der Waals surface area contributed by atoms with Crippen molar-refractivity contribution in [2.24, 2.45) is 0 Å². The number of carboxylic acids is 1. The molecule has 224 valence electrons. The fraction of sp³-hybridized carbons (Fsp3) is 0.273. The summed E-state index contributed by atoms with van der Waals surface area (Å²) in [5.74, 6) is 0.599. The highest BCUT2D eigenvalue weighted by molar-refractivity contribution is 6.04. The number of aryl methyl sites for hydroxylation is 2. The van der Waals surface area contributed by atoms with Crippen molar-refractivity contribution in [3.05, 3.63) is 101 Å². The predicted molar refractivity (Wildman–Crippen MR) is 161 cm³/mol. The van der Waals surface area contributed by atoms with Gasteiger partial charge in [-0.1, -0.05) is 24.3 Å². The predicted octanol–water partition coefficient (Wildman–Crippen LogP) is 6.18. The first-order valence-corrected chi connectivity index (χ1v) is 14.0. The molecule has 0 unspecified atom stereocenters. The summed E-state index contributed by atoms with van der Waals surface area (Å²) in [6, 6.07) is 21.7. The Morgan fingerprint density at radius 3 is 2.40 bits per heavy atom. The highest BCUT2D eigenvalue weighted by Gasteiger charge is 2.14. The van der Waals surface area contributed by atoms with Gasteiger partial charge in [0.15, 0.2) is 0 Å². The van der Waals surface area contributed by atoms with E-state index >= 15 is 0 Å². The van der Waals surface area contributed by atoms with E-state index in [1.165, 1.54) is 0 Å². The Balaban J connectivity index is 1.36. The van der Waals surface area contributed by atoms with Gasteiger partial charge < -0.3 is 29.6 Å². The number of aromatic nitrogens is 1. The molecule has 0 aliphatic heterocycles. The number of anilines is 1. The van der Waals surface area contributed by atoms with Crippen LogP contribution in [0.15, 0.2) is 77.2 Å². The second-order valence-electron chi connectivity index (χ2n) is 10.1. The minimum atomic E-state index is -0.898. The topological polar surface area (TPSA) is 140 Å². The van der Waals surface area contributed by atoms with Crippen molar-refractivity contribution in [3.63, 3.8) is 0 Å². The summed E-state index contributed by atoms with van der Waals surface area (Å²) in [5.41, 5.74) is 4.29. The molecule has 10 nitrogen and oxygen atoms in total. The van der Waals surface area contributed by atoms with Crippen LogP contribution >= 0.6 is 0 Å². The molecule has 1 heterocycles. The Labute approximate surface area is 250 Å². The van der Waals surface area contributed by atoms with Crippen LogP contribution in [0, 0.1) is 6.92 Å². The van der Waals surface area contributed by atoms with Gasteiger partial charge in [0, 0.05) is 36.2 Å². The number of ether oxygens (including phenoxy) is 2. The normalized spacial score (nSPS) is 10.8. The minimum absolute atomic E-state index is 0.0268. The summed E-state index contributed by atoms with van der Waals surface area (Å²) in [4.78, 5) is 40.3. The van der Waals surface area contributed by atoms with Crippen molar-refractivity contribution in [1.82, 2.24) is 10.3 Å². The Morgan fingerprint density at radius 2 is 1.70 bits per heavy atom. The minimum Gasteiger partial charge on any atom is -0.493 e. The number of amides is 2. The molecule has 10 heteroatoms. The molecule has 0 aliphatic rings. The van der Waals surface area contributed by atoms with Crippen molar-refractivity contribution < 1.29 is 33.4 Å². The van der Waals surface area contributed by atoms with Crippen LogP contribution in [0.5, 0.6) is 5.75 Å². The number of nitrogens with zero attached hydrogens (tertiary/aromatic N) is 1. The lowest BCUT2D eigenvalue weighted by Gasteiger charge is -2.14. The third-order valence-corrected chi connectivity index (χ3v) is 6.48. The van der Waals surface area contributed by atoms with Crippen LogP contribution in [0.2, 0.25) is 0 Å². The van der Waals surface area contributed by atoms with E-state index in [9.17, 15) is 14.4 Å². The third-order valence-electron chi connectivity index (χ3n) is 6.48. The number of oxazole rings is 1. The second-order valence-corrected chi connectivity index (χ2v) is 10.1. The molecule has 0 radical (unpaired) electrons. The van der Waals surface area contributed by atoms with Crippen molar-refractivity contribution in [1.29, 1.82) is 0 Å². The molecule has 3 N–H and O–H groups in total. The van der Waals surface area contributed by atoms with Gasteiger partial charge in [0.25, 0.3) is 5.91 Å². The maximum absolute atomic E-state index is 12.5. The van der Waals surface area contributed by atoms with Gasteiger partial charge in [-0.25, -0.2) is 9.78 Å². The molecule has 0 aliphatic carbocycles. The average molecular weight is 586 g/mol. The molecule has 0 atom stereocenters. The molecule has 4 aromatic rings. The van der Waals surface area contributed by atoms with E-state index in [0.717, 1.165) is 28.1 Å². The van der Waals surface area contributed by atoms with Crippen LogP contribution < -0.4 is 15.4 Å². The molecule has 0 bridgehead atoms. The molecule has 3 aromatic carbocycles. The number of carbonyl (C=O) groups is 3. The average Bonchev–Trinajstić information content (AvgIpc) is 3.35. The van der Waals surface area contributed by atoms with E-state index in [2.05, 4.69) is 15.6 Å². The fourth-order valence-electron chi connectivity index (χ4n) is 4.30. The quantitative estimate of drug-likeness (QED) is 0.169. The molecule has 0 spiro atoms. The van der Waals surface area contributed by atoms with E-state index in [4.69, 9.17) is 19.0 Å². The van der Waals surface area contributed by atoms with E-state index < -0.39 is 12.1 Å². The monoisotopic (exact) mass is 585 g/mol. The number of hydrogen-bond acceptors (Lipinski definition) is 7. The highest BCUT2D eigenvalue weighted by Crippen LogP contribution is 2.24. The summed E-state index contributed by atoms with van der Waals surface area (Å²) in [6.45, 7) is 5.86. The molecular formula is C33H35N3O7. The van der Waals surface area contributed by atoms with Crippen LogP contribution in [-0.2, 0) is 28.9 Å². The van der Waals surface area contributed by atoms with Crippen LogP contribution in [0.3, 0.4) is 0 Å². The van der Waals surface area contributed by atoms with E-state index in [-0.39, 0.29) is 25.0 Å². The molecular weight excluding hydrogens is 550 g/mol. The number of carboxylic acid groups (broad SMARTS) is 1. The Bertz CT molecular complexity index is 1550. The van der Waals surface area contributed by atoms with Gasteiger partial charge in [0.2, 0.25) is 5.89 Å². The largest absolute Gasteiger partial charge is 0.493 e. The third kappa shape index (κ3) is 9.19. The molecule has 0 saturated heterocycles. The van der Waals surface area contributed by atoms with E-state index in [1.807, 2.05) is 43.3 Å². The Kier molecular flexibility index (Phi) is 10.5. The van der Waals surface area contributed by atoms with Crippen LogP contribution in [-0.4, -0.2) is 40.8 Å². The summed E-state index contributed by atoms with van der Waals surface area (Å²) in [7, 11) is 0. The number of para-hydroxylation sites is 1. The first-order chi connectivity index (χ1) is 20.7. The first-order valence-electron chi connectivity index (χ1n) is 14.0. The summed E-state index contributed by atoms with van der Waals surface area (Å²) in [6.07, 6.45) is -0.0191. The van der Waals surface area contributed by atoms with Gasteiger partial charge in [-0.3, -0.25) is 9.59 Å². The molecule has 0 fully saturated rings. The van der Waals surface area contributed by atoms with Crippen LogP contribution in [0.25, 0.3) is 11.5 Å². The number of alkyl carbamates (subject to hydrolysis) is 1. The van der Waals surface area contributed by atoms with Crippen molar-refractivity contribution in [3.8, 4) is 17.2 Å². The van der Waals surface area contributed by atoms with Gasteiger partial charge in [-0.05, 0) is 86.8 Å². The standard InChI is InChI=1S/C33H35N3O7/c1-21(2)42-33(40)34-20-26-19-28(15-13-23(26)14-16-30(37)38)41-18-17-29-22(3)43-32(36-29)25-11-9-24(10-12-25)31(39)35-27-7-5-4-6-8-27/h4-13,15,19,21H,14,16-18,20H2,1-3H3,(H,34,40)(H,35,39)(H,37,38). The Morgan fingerprint density at radius 1 is 0.953 bits per heavy atom. The maximum Gasteiger partial charge on any atom is 0.407 e. The molecule has 43 heavy (non-hydrogen) atoms. The van der Waals surface area contributed by atoms with Crippen molar-refractivity contribution in [2.75, 3.05) is 11.9 Å². The van der Waals surface area contributed by atoms with Crippen LogP contribution in [0.1, 0.15) is 53.2 Å². The smallest absolute Gasteiger partial charge is 0.407 e.